The maximum atomic E-state index is 13.7. The van der Waals surface area contributed by atoms with Gasteiger partial charge in [-0.3, -0.25) is 14.4 Å². The van der Waals surface area contributed by atoms with Crippen LogP contribution in [0.4, 0.5) is 10.1 Å². The van der Waals surface area contributed by atoms with Gasteiger partial charge in [-0.1, -0.05) is 29.8 Å². The van der Waals surface area contributed by atoms with E-state index in [0.29, 0.717) is 0 Å². The standard InChI is InChI=1S/C20H21FN2O4/c1-12-4-3-5-14(8-12)9-16(20(26)27)11-22-19(25)15-6-7-17(21)18(10-15)23-13(2)24/h3-8,10,16H,9,11H2,1-2H3,(H,22,25)(H,23,24)(H,26,27). The van der Waals surface area contributed by atoms with E-state index in [1.54, 1.807) is 0 Å². The number of carboxylic acids is 1. The highest BCUT2D eigenvalue weighted by Gasteiger charge is 2.20. The van der Waals surface area contributed by atoms with Crippen LogP contribution in [0.3, 0.4) is 0 Å². The van der Waals surface area contributed by atoms with Crippen molar-refractivity contribution in [2.75, 3.05) is 11.9 Å². The number of halogens is 1. The lowest BCUT2D eigenvalue weighted by molar-refractivity contribution is -0.141. The predicted octanol–water partition coefficient (Wildman–Crippen LogP) is 2.77. The van der Waals surface area contributed by atoms with Crippen LogP contribution in [0.15, 0.2) is 42.5 Å². The van der Waals surface area contributed by atoms with Gasteiger partial charge in [-0.2, -0.15) is 0 Å². The smallest absolute Gasteiger partial charge is 0.308 e. The van der Waals surface area contributed by atoms with Crippen LogP contribution in [-0.4, -0.2) is 29.4 Å². The molecule has 27 heavy (non-hydrogen) atoms. The number of aryl methyl sites for hydroxylation is 1. The molecule has 0 saturated carbocycles. The zero-order chi connectivity index (χ0) is 20.0. The number of rotatable bonds is 7. The second-order valence-corrected chi connectivity index (χ2v) is 6.31. The highest BCUT2D eigenvalue weighted by molar-refractivity contribution is 5.97. The summed E-state index contributed by atoms with van der Waals surface area (Å²) in [7, 11) is 0. The van der Waals surface area contributed by atoms with Gasteiger partial charge in [0.05, 0.1) is 11.6 Å². The Bertz CT molecular complexity index is 867. The van der Waals surface area contributed by atoms with Gasteiger partial charge in [0.25, 0.3) is 5.91 Å². The van der Waals surface area contributed by atoms with Gasteiger partial charge < -0.3 is 15.7 Å². The molecule has 0 aliphatic heterocycles. The van der Waals surface area contributed by atoms with Crippen LogP contribution in [0, 0.1) is 18.7 Å². The fraction of sp³-hybridized carbons (Fsp3) is 0.250. The minimum absolute atomic E-state index is 0.0744. The van der Waals surface area contributed by atoms with Crippen LogP contribution >= 0.6 is 0 Å². The number of amides is 2. The molecule has 0 aromatic heterocycles. The molecule has 0 aliphatic rings. The summed E-state index contributed by atoms with van der Waals surface area (Å²) in [6.07, 6.45) is 0.276. The van der Waals surface area contributed by atoms with Crippen LogP contribution in [0.1, 0.15) is 28.4 Å². The van der Waals surface area contributed by atoms with E-state index in [0.717, 1.165) is 17.2 Å². The summed E-state index contributed by atoms with van der Waals surface area (Å²) in [5.41, 5.74) is 1.91. The number of aliphatic carboxylic acids is 1. The van der Waals surface area contributed by atoms with Crippen molar-refractivity contribution >= 4 is 23.5 Å². The Kier molecular flexibility index (Phi) is 6.65. The van der Waals surface area contributed by atoms with E-state index in [9.17, 15) is 23.9 Å². The van der Waals surface area contributed by atoms with E-state index < -0.39 is 29.5 Å². The van der Waals surface area contributed by atoms with Gasteiger partial charge in [-0.25, -0.2) is 4.39 Å². The van der Waals surface area contributed by atoms with Gasteiger partial charge in [-0.15, -0.1) is 0 Å². The minimum atomic E-state index is -1.02. The Balaban J connectivity index is 2.05. The van der Waals surface area contributed by atoms with Gasteiger partial charge in [0.1, 0.15) is 5.82 Å². The number of hydrogen-bond donors (Lipinski definition) is 3. The molecule has 7 heteroatoms. The van der Waals surface area contributed by atoms with E-state index in [4.69, 9.17) is 0 Å². The third-order valence-electron chi connectivity index (χ3n) is 3.96. The Morgan fingerprint density at radius 1 is 1.15 bits per heavy atom. The lowest BCUT2D eigenvalue weighted by Crippen LogP contribution is -2.34. The Labute approximate surface area is 156 Å². The molecule has 0 spiro atoms. The Hall–Kier alpha value is -3.22. The van der Waals surface area contributed by atoms with Crippen molar-refractivity contribution in [2.24, 2.45) is 5.92 Å². The normalized spacial score (nSPS) is 11.5. The molecule has 1 unspecified atom stereocenters. The minimum Gasteiger partial charge on any atom is -0.481 e. The van der Waals surface area contributed by atoms with Crippen molar-refractivity contribution in [2.45, 2.75) is 20.3 Å². The summed E-state index contributed by atoms with van der Waals surface area (Å²) in [6, 6.07) is 11.1. The van der Waals surface area contributed by atoms with Crippen molar-refractivity contribution in [1.29, 1.82) is 0 Å². The zero-order valence-electron chi connectivity index (χ0n) is 15.1. The van der Waals surface area contributed by atoms with E-state index in [1.807, 2.05) is 31.2 Å². The predicted molar refractivity (Wildman–Crippen MR) is 99.0 cm³/mol. The molecule has 2 aromatic rings. The molecule has 0 fully saturated rings. The van der Waals surface area contributed by atoms with Crippen molar-refractivity contribution < 1.29 is 23.9 Å². The van der Waals surface area contributed by atoms with Gasteiger partial charge in [0, 0.05) is 19.0 Å². The number of carbonyl (C=O) groups excluding carboxylic acids is 2. The Morgan fingerprint density at radius 2 is 1.89 bits per heavy atom. The molecule has 0 radical (unpaired) electrons. The SMILES string of the molecule is CC(=O)Nc1cc(C(=O)NCC(Cc2cccc(C)c2)C(=O)O)ccc1F. The maximum Gasteiger partial charge on any atom is 0.308 e. The lowest BCUT2D eigenvalue weighted by Gasteiger charge is -2.14. The summed E-state index contributed by atoms with van der Waals surface area (Å²) in [4.78, 5) is 34.9. The second-order valence-electron chi connectivity index (χ2n) is 6.31. The van der Waals surface area contributed by atoms with Crippen molar-refractivity contribution in [3.05, 3.63) is 65.0 Å². The summed E-state index contributed by atoms with van der Waals surface area (Å²) in [5, 5.41) is 14.3. The van der Waals surface area contributed by atoms with Crippen molar-refractivity contribution in [3.63, 3.8) is 0 Å². The first kappa shape index (κ1) is 20.1. The molecule has 0 bridgehead atoms. The van der Waals surface area contributed by atoms with E-state index in [2.05, 4.69) is 10.6 Å². The zero-order valence-corrected chi connectivity index (χ0v) is 15.1. The van der Waals surface area contributed by atoms with Crippen LogP contribution in [-0.2, 0) is 16.0 Å². The Morgan fingerprint density at radius 3 is 2.52 bits per heavy atom. The molecular formula is C20H21FN2O4. The van der Waals surface area contributed by atoms with E-state index >= 15 is 0 Å². The van der Waals surface area contributed by atoms with E-state index in [1.165, 1.54) is 19.1 Å². The largest absolute Gasteiger partial charge is 0.481 e. The molecule has 3 N–H and O–H groups in total. The molecular weight excluding hydrogens is 351 g/mol. The molecule has 142 valence electrons. The number of nitrogens with one attached hydrogen (secondary N) is 2. The average molecular weight is 372 g/mol. The molecule has 0 aliphatic carbocycles. The van der Waals surface area contributed by atoms with Gasteiger partial charge in [0.15, 0.2) is 0 Å². The fourth-order valence-electron chi connectivity index (χ4n) is 2.64. The first-order valence-corrected chi connectivity index (χ1v) is 8.40. The number of carboxylic acid groups (broad SMARTS) is 1. The third kappa shape index (κ3) is 5.91. The maximum absolute atomic E-state index is 13.7. The number of benzene rings is 2. The van der Waals surface area contributed by atoms with Crippen molar-refractivity contribution in [1.82, 2.24) is 5.32 Å². The quantitative estimate of drug-likeness (QED) is 0.696. The summed E-state index contributed by atoms with van der Waals surface area (Å²) < 4.78 is 13.7. The second kappa shape index (κ2) is 8.93. The molecule has 0 saturated heterocycles. The average Bonchev–Trinajstić information content (AvgIpc) is 2.59. The highest BCUT2D eigenvalue weighted by atomic mass is 19.1. The number of hydrogen-bond acceptors (Lipinski definition) is 3. The first-order valence-electron chi connectivity index (χ1n) is 8.40. The fourth-order valence-corrected chi connectivity index (χ4v) is 2.64. The number of anilines is 1. The van der Waals surface area contributed by atoms with Crippen molar-refractivity contribution in [3.8, 4) is 0 Å². The van der Waals surface area contributed by atoms with Crippen LogP contribution in [0.2, 0.25) is 0 Å². The monoisotopic (exact) mass is 372 g/mol. The molecule has 6 nitrogen and oxygen atoms in total. The summed E-state index contributed by atoms with van der Waals surface area (Å²) >= 11 is 0. The van der Waals surface area contributed by atoms with E-state index in [-0.39, 0.29) is 24.2 Å². The molecule has 2 aromatic carbocycles. The molecule has 2 amide bonds. The molecule has 1 atom stereocenters. The van der Waals surface area contributed by atoms with Crippen LogP contribution < -0.4 is 10.6 Å². The van der Waals surface area contributed by atoms with Gasteiger partial charge >= 0.3 is 5.97 Å². The highest BCUT2D eigenvalue weighted by Crippen LogP contribution is 2.17. The topological polar surface area (TPSA) is 95.5 Å². The summed E-state index contributed by atoms with van der Waals surface area (Å²) in [6.45, 7) is 3.08. The molecule has 2 rings (SSSR count). The first-order chi connectivity index (χ1) is 12.8. The van der Waals surface area contributed by atoms with Gasteiger partial charge in [0.2, 0.25) is 5.91 Å². The van der Waals surface area contributed by atoms with Crippen LogP contribution in [0.5, 0.6) is 0 Å². The van der Waals surface area contributed by atoms with Gasteiger partial charge in [-0.05, 0) is 37.1 Å². The summed E-state index contributed by atoms with van der Waals surface area (Å²) in [5.74, 6) is -3.49. The van der Waals surface area contributed by atoms with Crippen LogP contribution in [0.25, 0.3) is 0 Å². The third-order valence-corrected chi connectivity index (χ3v) is 3.96. The number of carbonyl (C=O) groups is 3. The molecule has 0 heterocycles. The lowest BCUT2D eigenvalue weighted by atomic mass is 9.98.